The normalized spacial score (nSPS) is 11.6. The average Bonchev–Trinajstić information content (AvgIpc) is 2.16. The van der Waals surface area contributed by atoms with E-state index in [0.717, 1.165) is 13.2 Å². The molecule has 0 aliphatic heterocycles. The first kappa shape index (κ1) is 13.1. The fraction of sp³-hybridized carbons (Fsp3) is 0.400. The van der Waals surface area contributed by atoms with Gasteiger partial charge in [-0.15, -0.1) is 0 Å². The van der Waals surface area contributed by atoms with Crippen LogP contribution in [-0.2, 0) is 12.6 Å². The monoisotopic (exact) mass is 254 g/mol. The fourth-order valence-corrected chi connectivity index (χ4v) is 1.66. The lowest BCUT2D eigenvalue weighted by Gasteiger charge is -2.14. The van der Waals surface area contributed by atoms with Gasteiger partial charge in [0.05, 0.1) is 17.7 Å². The summed E-state index contributed by atoms with van der Waals surface area (Å²) >= 11 is 5.67. The van der Waals surface area contributed by atoms with Crippen LogP contribution in [0.15, 0.2) is 12.1 Å². The van der Waals surface area contributed by atoms with E-state index in [0.29, 0.717) is 5.56 Å². The standard InChI is InChI=1S/C10H10ClF3O2/c1-16-9-7(10(12,13)14)4-6(2-3-15)5-8(9)11/h4-5,15H,2-3H2,1H3. The number of rotatable bonds is 3. The lowest BCUT2D eigenvalue weighted by atomic mass is 10.1. The lowest BCUT2D eigenvalue weighted by molar-refractivity contribution is -0.138. The Morgan fingerprint density at radius 3 is 2.44 bits per heavy atom. The molecule has 0 aromatic heterocycles. The van der Waals surface area contributed by atoms with E-state index in [2.05, 4.69) is 4.74 Å². The third kappa shape index (κ3) is 2.80. The summed E-state index contributed by atoms with van der Waals surface area (Å²) in [6.07, 6.45) is -4.41. The summed E-state index contributed by atoms with van der Waals surface area (Å²) in [7, 11) is 1.13. The predicted octanol–water partition coefficient (Wildman–Crippen LogP) is 2.90. The second-order valence-electron chi connectivity index (χ2n) is 3.13. The molecule has 1 aromatic carbocycles. The molecule has 0 bridgehead atoms. The number of aliphatic hydroxyl groups excluding tert-OH is 1. The summed E-state index contributed by atoms with van der Waals surface area (Å²) < 4.78 is 42.5. The van der Waals surface area contributed by atoms with Gasteiger partial charge in [0.1, 0.15) is 5.75 Å². The Bertz CT molecular complexity index is 377. The Morgan fingerprint density at radius 2 is 2.00 bits per heavy atom. The van der Waals surface area contributed by atoms with Gasteiger partial charge in [0.15, 0.2) is 0 Å². The summed E-state index contributed by atoms with van der Waals surface area (Å²) in [5.74, 6) is -0.393. The molecule has 0 heterocycles. The zero-order chi connectivity index (χ0) is 12.3. The molecular weight excluding hydrogens is 245 g/mol. The molecular formula is C10H10ClF3O2. The number of ether oxygens (including phenoxy) is 1. The van der Waals surface area contributed by atoms with Gasteiger partial charge in [0.2, 0.25) is 0 Å². The third-order valence-electron chi connectivity index (χ3n) is 2.01. The molecule has 1 aromatic rings. The van der Waals surface area contributed by atoms with Crippen molar-refractivity contribution >= 4 is 11.6 Å². The van der Waals surface area contributed by atoms with Gasteiger partial charge in [-0.1, -0.05) is 11.6 Å². The maximum Gasteiger partial charge on any atom is 0.420 e. The summed E-state index contributed by atoms with van der Waals surface area (Å²) in [5.41, 5.74) is -0.605. The number of methoxy groups -OCH3 is 1. The maximum atomic E-state index is 12.6. The zero-order valence-electron chi connectivity index (χ0n) is 8.44. The Labute approximate surface area is 95.6 Å². The van der Waals surface area contributed by atoms with Crippen LogP contribution in [0.1, 0.15) is 11.1 Å². The van der Waals surface area contributed by atoms with Crippen molar-refractivity contribution in [3.8, 4) is 5.75 Å². The lowest BCUT2D eigenvalue weighted by Crippen LogP contribution is -2.09. The molecule has 16 heavy (non-hydrogen) atoms. The van der Waals surface area contributed by atoms with Crippen molar-refractivity contribution in [2.75, 3.05) is 13.7 Å². The molecule has 0 radical (unpaired) electrons. The van der Waals surface area contributed by atoms with E-state index < -0.39 is 17.5 Å². The van der Waals surface area contributed by atoms with Gasteiger partial charge >= 0.3 is 6.18 Å². The highest BCUT2D eigenvalue weighted by atomic mass is 35.5. The van der Waals surface area contributed by atoms with Crippen LogP contribution >= 0.6 is 11.6 Å². The Hall–Kier alpha value is -0.940. The van der Waals surface area contributed by atoms with Crippen molar-refractivity contribution < 1.29 is 23.0 Å². The van der Waals surface area contributed by atoms with Crippen LogP contribution in [0.25, 0.3) is 0 Å². The first-order valence-corrected chi connectivity index (χ1v) is 4.82. The molecule has 90 valence electrons. The van der Waals surface area contributed by atoms with Gasteiger partial charge in [-0.05, 0) is 24.1 Å². The van der Waals surface area contributed by atoms with Crippen molar-refractivity contribution in [1.82, 2.24) is 0 Å². The van der Waals surface area contributed by atoms with Gasteiger partial charge in [0.25, 0.3) is 0 Å². The SMILES string of the molecule is COc1c(Cl)cc(CCO)cc1C(F)(F)F. The second-order valence-corrected chi connectivity index (χ2v) is 3.54. The van der Waals surface area contributed by atoms with Gasteiger partial charge in [0, 0.05) is 6.61 Å². The van der Waals surface area contributed by atoms with Gasteiger partial charge in [-0.3, -0.25) is 0 Å². The van der Waals surface area contributed by atoms with Crippen LogP contribution in [0.4, 0.5) is 13.2 Å². The van der Waals surface area contributed by atoms with Crippen LogP contribution in [-0.4, -0.2) is 18.8 Å². The molecule has 0 unspecified atom stereocenters. The fourth-order valence-electron chi connectivity index (χ4n) is 1.34. The molecule has 0 saturated carbocycles. The molecule has 0 fully saturated rings. The van der Waals surface area contributed by atoms with E-state index in [4.69, 9.17) is 16.7 Å². The summed E-state index contributed by atoms with van der Waals surface area (Å²) in [6.45, 7) is -0.236. The number of aliphatic hydroxyl groups is 1. The van der Waals surface area contributed by atoms with Crippen LogP contribution in [0.2, 0.25) is 5.02 Å². The van der Waals surface area contributed by atoms with Crippen LogP contribution in [0, 0.1) is 0 Å². The Morgan fingerprint density at radius 1 is 1.38 bits per heavy atom. The van der Waals surface area contributed by atoms with E-state index in [1.807, 2.05) is 0 Å². The minimum atomic E-state index is -4.53. The average molecular weight is 255 g/mol. The topological polar surface area (TPSA) is 29.5 Å². The third-order valence-corrected chi connectivity index (χ3v) is 2.29. The molecule has 0 saturated heterocycles. The number of alkyl halides is 3. The molecule has 0 spiro atoms. The van der Waals surface area contributed by atoms with E-state index in [1.165, 1.54) is 6.07 Å². The van der Waals surface area contributed by atoms with E-state index in [9.17, 15) is 13.2 Å². The molecule has 1 rings (SSSR count). The van der Waals surface area contributed by atoms with Crippen LogP contribution < -0.4 is 4.74 Å². The van der Waals surface area contributed by atoms with Gasteiger partial charge in [-0.2, -0.15) is 13.2 Å². The van der Waals surface area contributed by atoms with Crippen molar-refractivity contribution in [3.05, 3.63) is 28.3 Å². The summed E-state index contributed by atoms with van der Waals surface area (Å²) in [6, 6.07) is 2.28. The number of benzene rings is 1. The smallest absolute Gasteiger partial charge is 0.420 e. The number of hydrogen-bond acceptors (Lipinski definition) is 2. The van der Waals surface area contributed by atoms with Crippen LogP contribution in [0.3, 0.4) is 0 Å². The predicted molar refractivity (Wildman–Crippen MR) is 53.8 cm³/mol. The summed E-state index contributed by atoms with van der Waals surface area (Å²) in [4.78, 5) is 0. The largest absolute Gasteiger partial charge is 0.495 e. The molecule has 2 nitrogen and oxygen atoms in total. The first-order chi connectivity index (χ1) is 7.40. The first-order valence-electron chi connectivity index (χ1n) is 4.44. The zero-order valence-corrected chi connectivity index (χ0v) is 9.19. The molecule has 1 N–H and O–H groups in total. The van der Waals surface area contributed by atoms with Crippen molar-refractivity contribution in [3.63, 3.8) is 0 Å². The summed E-state index contributed by atoms with van der Waals surface area (Å²) in [5, 5.41) is 8.56. The Kier molecular flexibility index (Phi) is 4.04. The highest BCUT2D eigenvalue weighted by Gasteiger charge is 2.35. The van der Waals surface area contributed by atoms with Crippen molar-refractivity contribution in [2.45, 2.75) is 12.6 Å². The highest BCUT2D eigenvalue weighted by Crippen LogP contribution is 2.40. The molecule has 0 atom stereocenters. The van der Waals surface area contributed by atoms with E-state index >= 15 is 0 Å². The minimum Gasteiger partial charge on any atom is -0.495 e. The molecule has 0 aliphatic carbocycles. The highest BCUT2D eigenvalue weighted by molar-refractivity contribution is 6.32. The van der Waals surface area contributed by atoms with E-state index in [-0.39, 0.29) is 18.1 Å². The number of hydrogen-bond donors (Lipinski definition) is 1. The molecule has 6 heteroatoms. The van der Waals surface area contributed by atoms with Gasteiger partial charge < -0.3 is 9.84 Å². The quantitative estimate of drug-likeness (QED) is 0.899. The minimum absolute atomic E-state index is 0.110. The Balaban J connectivity index is 3.31. The van der Waals surface area contributed by atoms with Crippen LogP contribution in [0.5, 0.6) is 5.75 Å². The molecule has 0 aliphatic rings. The second kappa shape index (κ2) is 4.93. The van der Waals surface area contributed by atoms with E-state index in [1.54, 1.807) is 0 Å². The van der Waals surface area contributed by atoms with Crippen molar-refractivity contribution in [2.24, 2.45) is 0 Å². The number of halogens is 4. The molecule has 0 amide bonds. The maximum absolute atomic E-state index is 12.6. The van der Waals surface area contributed by atoms with Crippen molar-refractivity contribution in [1.29, 1.82) is 0 Å². The van der Waals surface area contributed by atoms with Gasteiger partial charge in [-0.25, -0.2) is 0 Å².